The third-order valence-corrected chi connectivity index (χ3v) is 9.10. The molecule has 0 bridgehead atoms. The van der Waals surface area contributed by atoms with Crippen LogP contribution in [0.15, 0.2) is 0 Å². The molecular weight excluding hydrogens is 362 g/mol. The van der Waals surface area contributed by atoms with Crippen LogP contribution < -0.4 is 0 Å². The second-order valence-electron chi connectivity index (χ2n) is 11.4. The molecule has 0 aromatic carbocycles. The third kappa shape index (κ3) is 6.10. The highest BCUT2D eigenvalue weighted by Crippen LogP contribution is 2.59. The van der Waals surface area contributed by atoms with Gasteiger partial charge in [0.25, 0.3) is 5.09 Å². The molecule has 166 valence electrons. The van der Waals surface area contributed by atoms with Gasteiger partial charge in [-0.15, -0.1) is 10.1 Å². The molecule has 0 N–H and O–H groups in total. The number of rotatable bonds is 3. The zero-order valence-electron chi connectivity index (χ0n) is 18.9. The van der Waals surface area contributed by atoms with Crippen LogP contribution in [0.3, 0.4) is 0 Å². The summed E-state index contributed by atoms with van der Waals surface area (Å²) in [5.74, 6) is 9.36. The Morgan fingerprint density at radius 1 is 0.793 bits per heavy atom. The van der Waals surface area contributed by atoms with Gasteiger partial charge in [-0.3, -0.25) is 0 Å². The Kier molecular flexibility index (Phi) is 6.75. The van der Waals surface area contributed by atoms with Gasteiger partial charge in [0, 0.05) is 0 Å². The molecule has 0 aromatic heterocycles. The van der Waals surface area contributed by atoms with E-state index >= 15 is 0 Å². The molecule has 7 saturated carbocycles. The Hall–Kier alpha value is -0.800. The van der Waals surface area contributed by atoms with Crippen molar-refractivity contribution in [1.82, 2.24) is 0 Å². The quantitative estimate of drug-likeness (QED) is 0.379. The van der Waals surface area contributed by atoms with Gasteiger partial charge in [-0.1, -0.05) is 59.3 Å². The van der Waals surface area contributed by atoms with Crippen molar-refractivity contribution in [3.05, 3.63) is 10.1 Å². The minimum atomic E-state index is -0.647. The Morgan fingerprint density at radius 3 is 1.76 bits per heavy atom. The molecule has 0 heterocycles. The zero-order chi connectivity index (χ0) is 20.5. The Balaban J connectivity index is 0.0000000988. The predicted octanol–water partition coefficient (Wildman–Crippen LogP) is 6.90. The summed E-state index contributed by atoms with van der Waals surface area (Å²) < 4.78 is 0. The number of fused-ring (bicyclic) bond motifs is 3. The normalized spacial score (nSPS) is 46.2. The van der Waals surface area contributed by atoms with Crippen molar-refractivity contribution in [2.45, 2.75) is 104 Å². The number of hydrogen-bond acceptors (Lipinski definition) is 3. The van der Waals surface area contributed by atoms with Gasteiger partial charge in [-0.2, -0.15) is 0 Å². The Labute approximate surface area is 177 Å². The lowest BCUT2D eigenvalue weighted by Gasteiger charge is -2.18. The molecule has 0 radical (unpaired) electrons. The molecule has 4 nitrogen and oxygen atoms in total. The molecular formula is C25H43NO3. The zero-order valence-corrected chi connectivity index (χ0v) is 18.9. The second-order valence-corrected chi connectivity index (χ2v) is 11.4. The molecule has 0 aliphatic heterocycles. The average molecular weight is 406 g/mol. The van der Waals surface area contributed by atoms with Crippen molar-refractivity contribution in [3.8, 4) is 0 Å². The number of hydrogen-bond donors (Lipinski definition) is 0. The van der Waals surface area contributed by atoms with Gasteiger partial charge in [0.05, 0.1) is 0 Å². The summed E-state index contributed by atoms with van der Waals surface area (Å²) in [6.07, 6.45) is 16.5. The first kappa shape index (κ1) is 21.4. The van der Waals surface area contributed by atoms with Crippen molar-refractivity contribution in [2.75, 3.05) is 0 Å². The van der Waals surface area contributed by atoms with Gasteiger partial charge in [-0.05, 0) is 91.8 Å². The van der Waals surface area contributed by atoms with Crippen LogP contribution in [0.1, 0.15) is 97.8 Å². The SMILES string of the molecule is CC1CC2CC12.CC1CCC2CC12.CCC1CC1.O=[N+]([O-])OC1CCCC2CC21. The summed E-state index contributed by atoms with van der Waals surface area (Å²) in [6.45, 7) is 7.03. The van der Waals surface area contributed by atoms with Crippen molar-refractivity contribution >= 4 is 0 Å². The maximum atomic E-state index is 10.0. The van der Waals surface area contributed by atoms with Gasteiger partial charge in [0.15, 0.2) is 0 Å². The maximum absolute atomic E-state index is 10.0. The summed E-state index contributed by atoms with van der Waals surface area (Å²) in [5.41, 5.74) is 0. The van der Waals surface area contributed by atoms with E-state index < -0.39 is 5.09 Å². The Bertz CT molecular complexity index is 562. The average Bonchev–Trinajstić information content (AvgIpc) is 3.56. The lowest BCUT2D eigenvalue weighted by atomic mass is 9.88. The Morgan fingerprint density at radius 2 is 1.45 bits per heavy atom. The molecule has 9 unspecified atom stereocenters. The van der Waals surface area contributed by atoms with E-state index in [4.69, 9.17) is 0 Å². The largest absolute Gasteiger partial charge is 0.310 e. The highest BCUT2D eigenvalue weighted by molar-refractivity contribution is 5.00. The second kappa shape index (κ2) is 9.14. The predicted molar refractivity (Wildman–Crippen MR) is 116 cm³/mol. The van der Waals surface area contributed by atoms with Crippen molar-refractivity contribution in [3.63, 3.8) is 0 Å². The highest BCUT2D eigenvalue weighted by Gasteiger charge is 2.50. The molecule has 9 atom stereocenters. The fourth-order valence-electron chi connectivity index (χ4n) is 6.31. The molecule has 0 spiro atoms. The van der Waals surface area contributed by atoms with Crippen LogP contribution in [0.4, 0.5) is 0 Å². The lowest BCUT2D eigenvalue weighted by molar-refractivity contribution is -0.770. The highest BCUT2D eigenvalue weighted by atomic mass is 17.0. The maximum Gasteiger partial charge on any atom is 0.294 e. The van der Waals surface area contributed by atoms with E-state index in [9.17, 15) is 10.1 Å². The van der Waals surface area contributed by atoms with E-state index in [1.807, 2.05) is 0 Å². The molecule has 7 rings (SSSR count). The fraction of sp³-hybridized carbons (Fsp3) is 1.00. The van der Waals surface area contributed by atoms with E-state index in [-0.39, 0.29) is 6.10 Å². The van der Waals surface area contributed by atoms with E-state index in [0.29, 0.717) is 5.92 Å². The van der Waals surface area contributed by atoms with E-state index in [1.54, 1.807) is 25.7 Å². The van der Waals surface area contributed by atoms with Crippen molar-refractivity contribution in [2.24, 2.45) is 53.3 Å². The molecule has 0 amide bonds. The summed E-state index contributed by atoms with van der Waals surface area (Å²) in [5, 5.41) is 9.37. The van der Waals surface area contributed by atoms with Crippen LogP contribution in [0.2, 0.25) is 0 Å². The summed E-state index contributed by atoms with van der Waals surface area (Å²) in [6, 6.07) is 0. The van der Waals surface area contributed by atoms with Gasteiger partial charge < -0.3 is 4.84 Å². The monoisotopic (exact) mass is 405 g/mol. The first-order valence-corrected chi connectivity index (χ1v) is 12.8. The van der Waals surface area contributed by atoms with Crippen LogP contribution in [0.5, 0.6) is 0 Å². The topological polar surface area (TPSA) is 52.4 Å². The number of nitrogens with zero attached hydrogens (tertiary/aromatic N) is 1. The first-order valence-electron chi connectivity index (χ1n) is 12.8. The van der Waals surface area contributed by atoms with Crippen molar-refractivity contribution in [1.29, 1.82) is 0 Å². The molecule has 0 aromatic rings. The van der Waals surface area contributed by atoms with Crippen LogP contribution in [0, 0.1) is 63.4 Å². The standard InChI is InChI=1S/C7H11NO3.C7H12.C6H10.C5H10/c9-8(10)11-7-3-1-2-5-4-6(5)7;1-5-2-3-6-4-7(5)6;1-4-2-5-3-6(4)5;1-2-5-3-4-5/h5-7H,1-4H2;5-7H,2-4H2,1H3;4-6H,2-3H2,1H3;5H,2-4H2,1H3. The lowest BCUT2D eigenvalue weighted by Crippen LogP contribution is -2.22. The van der Waals surface area contributed by atoms with Gasteiger partial charge >= 0.3 is 0 Å². The molecule has 29 heavy (non-hydrogen) atoms. The van der Waals surface area contributed by atoms with Crippen LogP contribution in [-0.2, 0) is 4.84 Å². The summed E-state index contributed by atoms with van der Waals surface area (Å²) >= 11 is 0. The smallest absolute Gasteiger partial charge is 0.294 e. The van der Waals surface area contributed by atoms with E-state index in [2.05, 4.69) is 25.6 Å². The van der Waals surface area contributed by atoms with Gasteiger partial charge in [0.1, 0.15) is 6.10 Å². The van der Waals surface area contributed by atoms with E-state index in [0.717, 1.165) is 42.9 Å². The van der Waals surface area contributed by atoms with Crippen LogP contribution >= 0.6 is 0 Å². The van der Waals surface area contributed by atoms with Crippen LogP contribution in [-0.4, -0.2) is 11.2 Å². The summed E-state index contributed by atoms with van der Waals surface area (Å²) in [4.78, 5) is 14.6. The van der Waals surface area contributed by atoms with E-state index in [1.165, 1.54) is 55.8 Å². The third-order valence-electron chi connectivity index (χ3n) is 9.10. The first-order chi connectivity index (χ1) is 14.0. The molecule has 7 fully saturated rings. The minimum Gasteiger partial charge on any atom is -0.310 e. The van der Waals surface area contributed by atoms with Gasteiger partial charge in [0.2, 0.25) is 0 Å². The molecule has 7 aliphatic rings. The fourth-order valence-corrected chi connectivity index (χ4v) is 6.31. The van der Waals surface area contributed by atoms with Crippen molar-refractivity contribution < 1.29 is 9.92 Å². The molecule has 7 aliphatic carbocycles. The summed E-state index contributed by atoms with van der Waals surface area (Å²) in [7, 11) is 0. The molecule has 0 saturated heterocycles. The minimum absolute atomic E-state index is 0.0799. The van der Waals surface area contributed by atoms with Gasteiger partial charge in [-0.25, -0.2) is 0 Å². The molecule has 4 heteroatoms. The van der Waals surface area contributed by atoms with Crippen LogP contribution in [0.25, 0.3) is 0 Å².